The molecule has 2 atom stereocenters. The van der Waals surface area contributed by atoms with Gasteiger partial charge in [0.05, 0.1) is 24.5 Å². The summed E-state index contributed by atoms with van der Waals surface area (Å²) in [4.78, 5) is 22.4. The molecule has 1 N–H and O–H groups in total. The normalized spacial score (nSPS) is 23.5. The van der Waals surface area contributed by atoms with E-state index >= 15 is 0 Å². The Morgan fingerprint density at radius 3 is 2.88 bits per heavy atom. The van der Waals surface area contributed by atoms with Gasteiger partial charge in [0.1, 0.15) is 0 Å². The summed E-state index contributed by atoms with van der Waals surface area (Å²) in [6, 6.07) is 8.69. The molecule has 3 aliphatic heterocycles. The number of carbonyl (C=O) groups is 1. The van der Waals surface area contributed by atoms with E-state index in [4.69, 9.17) is 4.99 Å². The summed E-state index contributed by atoms with van der Waals surface area (Å²) in [6.45, 7) is 9.03. The van der Waals surface area contributed by atoms with Crippen molar-refractivity contribution in [3.63, 3.8) is 0 Å². The molecule has 0 radical (unpaired) electrons. The lowest BCUT2D eigenvalue weighted by molar-refractivity contribution is 0.196. The maximum atomic E-state index is 13.3. The minimum Gasteiger partial charge on any atom is -0.333 e. The Morgan fingerprint density at radius 1 is 1.25 bits per heavy atom. The van der Waals surface area contributed by atoms with E-state index in [1.807, 2.05) is 15.8 Å². The highest BCUT2D eigenvalue weighted by Crippen LogP contribution is 2.30. The van der Waals surface area contributed by atoms with Gasteiger partial charge in [0.15, 0.2) is 0 Å². The van der Waals surface area contributed by atoms with Crippen LogP contribution >= 0.6 is 0 Å². The molecule has 0 aliphatic carbocycles. The van der Waals surface area contributed by atoms with E-state index in [-0.39, 0.29) is 12.1 Å². The Labute approximate surface area is 189 Å². The van der Waals surface area contributed by atoms with Gasteiger partial charge < -0.3 is 15.1 Å². The summed E-state index contributed by atoms with van der Waals surface area (Å²) in [7, 11) is 2.13. The summed E-state index contributed by atoms with van der Waals surface area (Å²) in [5.41, 5.74) is 7.27. The number of aromatic nitrogens is 2. The fraction of sp³-hybridized carbons (Fsp3) is 0.480. The van der Waals surface area contributed by atoms with Crippen molar-refractivity contribution in [3.8, 4) is 0 Å². The molecule has 1 aromatic carbocycles. The van der Waals surface area contributed by atoms with E-state index in [9.17, 15) is 4.79 Å². The Hall–Kier alpha value is -2.93. The first-order chi connectivity index (χ1) is 15.5. The van der Waals surface area contributed by atoms with E-state index in [1.54, 1.807) is 0 Å². The summed E-state index contributed by atoms with van der Waals surface area (Å²) >= 11 is 0. The van der Waals surface area contributed by atoms with Crippen LogP contribution in [-0.4, -0.2) is 77.1 Å². The van der Waals surface area contributed by atoms with Crippen LogP contribution in [0.1, 0.15) is 36.0 Å². The molecule has 168 valence electrons. The highest BCUT2D eigenvalue weighted by Gasteiger charge is 2.36. The molecule has 1 saturated heterocycles. The first-order valence-electron chi connectivity index (χ1n) is 11.6. The van der Waals surface area contributed by atoms with Gasteiger partial charge in [-0.05, 0) is 49.6 Å². The average Bonchev–Trinajstić information content (AvgIpc) is 3.51. The van der Waals surface area contributed by atoms with Crippen LogP contribution in [-0.2, 0) is 6.54 Å². The maximum absolute atomic E-state index is 13.3. The van der Waals surface area contributed by atoms with Gasteiger partial charge in [0.2, 0.25) is 0 Å². The largest absolute Gasteiger partial charge is 0.333 e. The first-order valence-corrected chi connectivity index (χ1v) is 11.6. The Balaban J connectivity index is 1.29. The van der Waals surface area contributed by atoms with Gasteiger partial charge in [-0.25, -0.2) is 4.79 Å². The van der Waals surface area contributed by atoms with Gasteiger partial charge in [-0.3, -0.25) is 9.67 Å². The van der Waals surface area contributed by atoms with Crippen LogP contribution in [0.5, 0.6) is 0 Å². The molecule has 2 aromatic rings. The van der Waals surface area contributed by atoms with Crippen molar-refractivity contribution in [1.29, 1.82) is 0 Å². The van der Waals surface area contributed by atoms with Gasteiger partial charge in [-0.15, -0.1) is 0 Å². The molecule has 32 heavy (non-hydrogen) atoms. The number of hydrogen-bond donors (Lipinski definition) is 1. The highest BCUT2D eigenvalue weighted by atomic mass is 16.2. The second kappa shape index (κ2) is 8.54. The van der Waals surface area contributed by atoms with Gasteiger partial charge >= 0.3 is 6.03 Å². The van der Waals surface area contributed by atoms with E-state index in [2.05, 4.69) is 66.7 Å². The van der Waals surface area contributed by atoms with Crippen molar-refractivity contribution in [2.24, 2.45) is 4.99 Å². The standard InChI is InChI=1S/C25H32N6O/c1-4-31-13-19(12-27-31)24-21-15-30(10-9-18(21)11-26-24)25(32)28-23-16-29(3)14-22(23)20-8-6-5-7-17(20)2/h5-8,12-13,22-23H,4,9-11,14-16H2,1-3H3,(H,28,32)/t22-,23?/m0/s1. The molecule has 0 bridgehead atoms. The third-order valence-corrected chi connectivity index (χ3v) is 7.09. The number of aliphatic imine (C=N–C) groups is 1. The summed E-state index contributed by atoms with van der Waals surface area (Å²) in [5.74, 6) is 0.313. The zero-order valence-corrected chi connectivity index (χ0v) is 19.2. The number of urea groups is 1. The lowest BCUT2D eigenvalue weighted by Crippen LogP contribution is -2.49. The molecular weight excluding hydrogens is 400 g/mol. The number of amides is 2. The predicted octanol–water partition coefficient (Wildman–Crippen LogP) is 2.82. The Morgan fingerprint density at radius 2 is 2.09 bits per heavy atom. The highest BCUT2D eigenvalue weighted by molar-refractivity contribution is 6.15. The van der Waals surface area contributed by atoms with Crippen LogP contribution in [0, 0.1) is 6.92 Å². The van der Waals surface area contributed by atoms with Gasteiger partial charge in [0.25, 0.3) is 0 Å². The van der Waals surface area contributed by atoms with E-state index < -0.39 is 0 Å². The van der Waals surface area contributed by atoms with Crippen LogP contribution in [0.25, 0.3) is 0 Å². The van der Waals surface area contributed by atoms with Gasteiger partial charge in [0, 0.05) is 50.4 Å². The minimum absolute atomic E-state index is 0.0333. The lowest BCUT2D eigenvalue weighted by Gasteiger charge is -2.31. The second-order valence-electron chi connectivity index (χ2n) is 9.24. The average molecular weight is 433 g/mol. The van der Waals surface area contributed by atoms with Crippen molar-refractivity contribution in [2.75, 3.05) is 39.8 Å². The lowest BCUT2D eigenvalue weighted by atomic mass is 9.91. The monoisotopic (exact) mass is 432 g/mol. The molecule has 5 rings (SSSR count). The van der Waals surface area contributed by atoms with E-state index in [1.165, 1.54) is 22.3 Å². The number of likely N-dealkylation sites (tertiary alicyclic amines) is 1. The van der Waals surface area contributed by atoms with Crippen molar-refractivity contribution in [1.82, 2.24) is 24.9 Å². The molecule has 0 spiro atoms. The van der Waals surface area contributed by atoms with Crippen molar-refractivity contribution in [3.05, 3.63) is 64.5 Å². The number of hydrogen-bond acceptors (Lipinski definition) is 4. The first kappa shape index (κ1) is 20.9. The van der Waals surface area contributed by atoms with Crippen LogP contribution in [0.3, 0.4) is 0 Å². The fourth-order valence-corrected chi connectivity index (χ4v) is 5.30. The molecule has 7 nitrogen and oxygen atoms in total. The van der Waals surface area contributed by atoms with Crippen LogP contribution in [0.15, 0.2) is 52.8 Å². The van der Waals surface area contributed by atoms with Gasteiger partial charge in [-0.2, -0.15) is 5.10 Å². The SMILES string of the molecule is CCn1cc(C2=NCC3=C2CN(C(=O)NC2CN(C)C[C@H]2c2ccccc2C)CC3)cn1. The minimum atomic E-state index is 0.0333. The number of carbonyl (C=O) groups excluding carboxylic acids is 1. The van der Waals surface area contributed by atoms with Crippen molar-refractivity contribution < 1.29 is 4.79 Å². The number of benzene rings is 1. The molecule has 7 heteroatoms. The molecule has 0 saturated carbocycles. The maximum Gasteiger partial charge on any atom is 0.317 e. The molecule has 1 fully saturated rings. The third kappa shape index (κ3) is 3.86. The summed E-state index contributed by atoms with van der Waals surface area (Å²) < 4.78 is 1.92. The Kier molecular flexibility index (Phi) is 5.59. The zero-order valence-electron chi connectivity index (χ0n) is 19.2. The number of rotatable bonds is 4. The van der Waals surface area contributed by atoms with Gasteiger partial charge in [-0.1, -0.05) is 24.3 Å². The fourth-order valence-electron chi connectivity index (χ4n) is 5.30. The summed E-state index contributed by atoms with van der Waals surface area (Å²) in [5, 5.41) is 7.78. The third-order valence-electron chi connectivity index (χ3n) is 7.09. The Bertz CT molecular complexity index is 1080. The second-order valence-corrected chi connectivity index (χ2v) is 9.24. The van der Waals surface area contributed by atoms with Crippen LogP contribution in [0.2, 0.25) is 0 Å². The number of aryl methyl sites for hydroxylation is 2. The van der Waals surface area contributed by atoms with E-state index in [0.29, 0.717) is 12.5 Å². The molecule has 2 amide bonds. The molecule has 3 aliphatic rings. The smallest absolute Gasteiger partial charge is 0.317 e. The number of likely N-dealkylation sites (N-methyl/N-ethyl adjacent to an activating group) is 1. The topological polar surface area (TPSA) is 65.8 Å². The molecule has 1 aromatic heterocycles. The summed E-state index contributed by atoms with van der Waals surface area (Å²) in [6.07, 6.45) is 4.83. The number of nitrogens with one attached hydrogen (secondary N) is 1. The van der Waals surface area contributed by atoms with Crippen LogP contribution < -0.4 is 5.32 Å². The van der Waals surface area contributed by atoms with Crippen LogP contribution in [0.4, 0.5) is 4.79 Å². The quantitative estimate of drug-likeness (QED) is 0.808. The zero-order chi connectivity index (χ0) is 22.2. The predicted molar refractivity (Wildman–Crippen MR) is 126 cm³/mol. The van der Waals surface area contributed by atoms with Crippen molar-refractivity contribution in [2.45, 2.75) is 38.8 Å². The molecular formula is C25H32N6O. The van der Waals surface area contributed by atoms with Crippen molar-refractivity contribution >= 4 is 11.7 Å². The van der Waals surface area contributed by atoms with E-state index in [0.717, 1.165) is 50.4 Å². The molecule has 1 unspecified atom stereocenters. The molecule has 4 heterocycles. The number of nitrogens with zero attached hydrogens (tertiary/aromatic N) is 5.